The number of ether oxygens (including phenoxy) is 3. The van der Waals surface area contributed by atoms with E-state index in [-0.39, 0.29) is 12.5 Å². The van der Waals surface area contributed by atoms with Crippen LogP contribution >= 0.6 is 11.3 Å². The number of carbonyl (C=O) groups is 1. The van der Waals surface area contributed by atoms with Crippen molar-refractivity contribution in [2.45, 2.75) is 13.5 Å². The maximum Gasteiger partial charge on any atom is 0.251 e. The number of nitrogens with one attached hydrogen (secondary N) is 1. The highest BCUT2D eigenvalue weighted by molar-refractivity contribution is 7.09. The van der Waals surface area contributed by atoms with Crippen LogP contribution in [0.5, 0.6) is 17.2 Å². The van der Waals surface area contributed by atoms with Gasteiger partial charge in [-0.25, -0.2) is 4.98 Å². The Labute approximate surface area is 160 Å². The van der Waals surface area contributed by atoms with Gasteiger partial charge in [0.15, 0.2) is 17.3 Å². The van der Waals surface area contributed by atoms with Crippen molar-refractivity contribution in [2.75, 3.05) is 21.3 Å². The van der Waals surface area contributed by atoms with Gasteiger partial charge in [0, 0.05) is 10.9 Å². The fourth-order valence-electron chi connectivity index (χ4n) is 2.57. The number of thiazole rings is 1. The molecule has 0 unspecified atom stereocenters. The van der Waals surface area contributed by atoms with Crippen LogP contribution in [-0.4, -0.2) is 32.2 Å². The first-order valence-corrected chi connectivity index (χ1v) is 9.03. The number of carbonyl (C=O) groups excluding carboxylic acids is 1. The molecule has 8 heteroatoms. The molecule has 0 radical (unpaired) electrons. The number of nitrogens with zero attached hydrogens (tertiary/aromatic N) is 1. The lowest BCUT2D eigenvalue weighted by Crippen LogP contribution is -2.22. The number of furan rings is 1. The van der Waals surface area contributed by atoms with Gasteiger partial charge in [-0.2, -0.15) is 0 Å². The molecule has 142 valence electrons. The van der Waals surface area contributed by atoms with Crippen LogP contribution in [-0.2, 0) is 6.54 Å². The first kappa shape index (κ1) is 18.8. The molecule has 0 aliphatic heterocycles. The van der Waals surface area contributed by atoms with Crippen molar-refractivity contribution in [2.24, 2.45) is 0 Å². The largest absolute Gasteiger partial charge is 0.493 e. The average molecular weight is 388 g/mol. The molecule has 1 N–H and O–H groups in total. The Morgan fingerprint density at radius 1 is 1.15 bits per heavy atom. The summed E-state index contributed by atoms with van der Waals surface area (Å²) in [6.07, 6.45) is 0. The zero-order chi connectivity index (χ0) is 19.4. The van der Waals surface area contributed by atoms with Crippen LogP contribution in [0.1, 0.15) is 21.1 Å². The van der Waals surface area contributed by atoms with Crippen molar-refractivity contribution in [1.82, 2.24) is 10.3 Å². The van der Waals surface area contributed by atoms with E-state index in [1.54, 1.807) is 23.5 Å². The van der Waals surface area contributed by atoms with E-state index in [4.69, 9.17) is 18.6 Å². The number of benzene rings is 1. The number of hydrogen-bond acceptors (Lipinski definition) is 7. The van der Waals surface area contributed by atoms with Gasteiger partial charge in [0.2, 0.25) is 5.75 Å². The van der Waals surface area contributed by atoms with E-state index < -0.39 is 0 Å². The van der Waals surface area contributed by atoms with Gasteiger partial charge in [-0.1, -0.05) is 0 Å². The fourth-order valence-corrected chi connectivity index (χ4v) is 3.17. The molecule has 3 rings (SSSR count). The highest BCUT2D eigenvalue weighted by atomic mass is 32.1. The lowest BCUT2D eigenvalue weighted by molar-refractivity contribution is 0.0947. The summed E-state index contributed by atoms with van der Waals surface area (Å²) in [5.74, 6) is 2.30. The Hall–Kier alpha value is -3.00. The smallest absolute Gasteiger partial charge is 0.251 e. The van der Waals surface area contributed by atoms with Crippen LogP contribution in [0.4, 0.5) is 0 Å². The zero-order valence-electron chi connectivity index (χ0n) is 15.5. The van der Waals surface area contributed by atoms with Crippen molar-refractivity contribution in [3.05, 3.63) is 46.0 Å². The molecular weight excluding hydrogens is 368 g/mol. The summed E-state index contributed by atoms with van der Waals surface area (Å²) in [5, 5.41) is 5.73. The summed E-state index contributed by atoms with van der Waals surface area (Å²) < 4.78 is 21.6. The molecule has 27 heavy (non-hydrogen) atoms. The third-order valence-corrected chi connectivity index (χ3v) is 4.66. The van der Waals surface area contributed by atoms with Crippen molar-refractivity contribution in [3.8, 4) is 28.7 Å². The monoisotopic (exact) mass is 388 g/mol. The third-order valence-electron chi connectivity index (χ3n) is 3.88. The second-order valence-electron chi connectivity index (χ2n) is 5.61. The van der Waals surface area contributed by atoms with Gasteiger partial charge in [0.05, 0.1) is 32.9 Å². The topological polar surface area (TPSA) is 82.8 Å². The molecule has 0 atom stereocenters. The highest BCUT2D eigenvalue weighted by Crippen LogP contribution is 2.38. The Morgan fingerprint density at radius 3 is 2.41 bits per heavy atom. The molecule has 0 saturated carbocycles. The van der Waals surface area contributed by atoms with Crippen LogP contribution in [0, 0.1) is 6.92 Å². The molecule has 0 aliphatic rings. The lowest BCUT2D eigenvalue weighted by Gasteiger charge is -2.13. The number of methoxy groups -OCH3 is 3. The fraction of sp³-hybridized carbons (Fsp3) is 0.263. The van der Waals surface area contributed by atoms with E-state index in [1.807, 2.05) is 24.4 Å². The van der Waals surface area contributed by atoms with Gasteiger partial charge < -0.3 is 23.9 Å². The summed E-state index contributed by atoms with van der Waals surface area (Å²) in [6.45, 7) is 2.19. The number of hydrogen-bond donors (Lipinski definition) is 1. The first-order valence-electron chi connectivity index (χ1n) is 8.15. The number of aromatic nitrogens is 1. The van der Waals surface area contributed by atoms with E-state index in [1.165, 1.54) is 21.3 Å². The quantitative estimate of drug-likeness (QED) is 0.665. The maximum atomic E-state index is 12.5. The molecule has 0 bridgehead atoms. The normalized spacial score (nSPS) is 10.5. The predicted octanol–water partition coefficient (Wildman–Crippen LogP) is 3.67. The summed E-state index contributed by atoms with van der Waals surface area (Å²) in [6, 6.07) is 6.86. The summed E-state index contributed by atoms with van der Waals surface area (Å²) in [4.78, 5) is 16.9. The summed E-state index contributed by atoms with van der Waals surface area (Å²) in [7, 11) is 4.52. The molecule has 0 fully saturated rings. The van der Waals surface area contributed by atoms with E-state index in [0.29, 0.717) is 34.3 Å². The Bertz CT molecular complexity index is 922. The van der Waals surface area contributed by atoms with Gasteiger partial charge in [-0.05, 0) is 31.2 Å². The third kappa shape index (κ3) is 4.06. The van der Waals surface area contributed by atoms with Gasteiger partial charge in [-0.3, -0.25) is 4.79 Å². The number of rotatable bonds is 7. The predicted molar refractivity (Wildman–Crippen MR) is 102 cm³/mol. The first-order chi connectivity index (χ1) is 13.0. The SMILES string of the molecule is COc1cc(C(=O)NCc2ccc(-c3csc(C)n3)o2)cc(OC)c1OC. The van der Waals surface area contributed by atoms with Crippen molar-refractivity contribution >= 4 is 17.2 Å². The van der Waals surface area contributed by atoms with Gasteiger partial charge in [0.1, 0.15) is 11.5 Å². The van der Waals surface area contributed by atoms with E-state index >= 15 is 0 Å². The molecule has 7 nitrogen and oxygen atoms in total. The second kappa shape index (κ2) is 8.13. The van der Waals surface area contributed by atoms with Gasteiger partial charge in [0.25, 0.3) is 5.91 Å². The molecule has 1 aromatic carbocycles. The lowest BCUT2D eigenvalue weighted by atomic mass is 10.1. The molecule has 2 aromatic heterocycles. The number of amides is 1. The van der Waals surface area contributed by atoms with Crippen LogP contribution in [0.3, 0.4) is 0 Å². The minimum atomic E-state index is -0.281. The Morgan fingerprint density at radius 2 is 1.85 bits per heavy atom. The Balaban J connectivity index is 1.72. The summed E-state index contributed by atoms with van der Waals surface area (Å²) in [5.41, 5.74) is 1.19. The number of aryl methyl sites for hydroxylation is 1. The van der Waals surface area contributed by atoms with E-state index in [0.717, 1.165) is 10.7 Å². The van der Waals surface area contributed by atoms with Crippen LogP contribution in [0.15, 0.2) is 34.1 Å². The Kier molecular flexibility index (Phi) is 5.66. The highest BCUT2D eigenvalue weighted by Gasteiger charge is 2.17. The molecule has 1 amide bonds. The van der Waals surface area contributed by atoms with Crippen molar-refractivity contribution in [3.63, 3.8) is 0 Å². The van der Waals surface area contributed by atoms with Gasteiger partial charge in [-0.15, -0.1) is 11.3 Å². The van der Waals surface area contributed by atoms with Gasteiger partial charge >= 0.3 is 0 Å². The van der Waals surface area contributed by atoms with Crippen molar-refractivity contribution < 1.29 is 23.4 Å². The van der Waals surface area contributed by atoms with E-state index in [2.05, 4.69) is 10.3 Å². The van der Waals surface area contributed by atoms with Crippen LogP contribution < -0.4 is 19.5 Å². The molecule has 0 aliphatic carbocycles. The summed E-state index contributed by atoms with van der Waals surface area (Å²) >= 11 is 1.56. The standard InChI is InChI=1S/C19H20N2O5S/c1-11-21-14(10-27-11)15-6-5-13(26-15)9-20-19(22)12-7-16(23-2)18(25-4)17(8-12)24-3/h5-8,10H,9H2,1-4H3,(H,20,22). The molecule has 3 aromatic rings. The average Bonchev–Trinajstić information content (AvgIpc) is 3.33. The maximum absolute atomic E-state index is 12.5. The molecular formula is C19H20N2O5S. The van der Waals surface area contributed by atoms with Crippen LogP contribution in [0.2, 0.25) is 0 Å². The molecule has 0 spiro atoms. The molecule has 0 saturated heterocycles. The van der Waals surface area contributed by atoms with Crippen molar-refractivity contribution in [1.29, 1.82) is 0 Å². The molecule has 2 heterocycles. The second-order valence-corrected chi connectivity index (χ2v) is 6.68. The van der Waals surface area contributed by atoms with Crippen LogP contribution in [0.25, 0.3) is 11.5 Å². The van der Waals surface area contributed by atoms with E-state index in [9.17, 15) is 4.79 Å². The minimum Gasteiger partial charge on any atom is -0.493 e. The minimum absolute atomic E-state index is 0.249. The zero-order valence-corrected chi connectivity index (χ0v) is 16.3.